The summed E-state index contributed by atoms with van der Waals surface area (Å²) in [6.45, 7) is 8.68. The van der Waals surface area contributed by atoms with Gasteiger partial charge in [0, 0.05) is 55.9 Å². The second-order valence-corrected chi connectivity index (χ2v) is 10.4. The number of rotatable bonds is 9. The van der Waals surface area contributed by atoms with Crippen LogP contribution in [0.2, 0.25) is 0 Å². The molecule has 3 N–H and O–H groups in total. The second kappa shape index (κ2) is 10.3. The molecule has 5 rings (SSSR count). The summed E-state index contributed by atoms with van der Waals surface area (Å²) < 4.78 is 11.4. The Hall–Kier alpha value is -2.46. The van der Waals surface area contributed by atoms with Crippen LogP contribution in [0.3, 0.4) is 0 Å². The van der Waals surface area contributed by atoms with Crippen LogP contribution in [0.25, 0.3) is 11.4 Å². The van der Waals surface area contributed by atoms with Crippen LogP contribution < -0.4 is 20.3 Å². The zero-order chi connectivity index (χ0) is 24.4. The summed E-state index contributed by atoms with van der Waals surface area (Å²) in [6.07, 6.45) is 1.61. The Morgan fingerprint density at radius 3 is 2.89 bits per heavy atom. The second-order valence-electron chi connectivity index (χ2n) is 10.4. The minimum atomic E-state index is -0.566. The van der Waals surface area contributed by atoms with Crippen molar-refractivity contribution in [3.63, 3.8) is 0 Å². The monoisotopic (exact) mass is 482 g/mol. The van der Waals surface area contributed by atoms with Crippen molar-refractivity contribution in [3.05, 3.63) is 29.8 Å². The van der Waals surface area contributed by atoms with Gasteiger partial charge in [-0.15, -0.1) is 0 Å². The van der Waals surface area contributed by atoms with E-state index in [1.54, 1.807) is 0 Å². The molecule has 1 aromatic carbocycles. The molecule has 1 spiro atoms. The minimum Gasteiger partial charge on any atom is -0.491 e. The topological polar surface area (TPSA) is 95.0 Å². The number of hydrogen-bond donors (Lipinski definition) is 3. The molecule has 0 saturated carbocycles. The average molecular weight is 483 g/mol. The van der Waals surface area contributed by atoms with Crippen LogP contribution in [0, 0.1) is 12.3 Å². The smallest absolute Gasteiger partial charge is 0.164 e. The number of aromatic nitrogens is 2. The lowest BCUT2D eigenvalue weighted by Crippen LogP contribution is -2.55. The maximum absolute atomic E-state index is 10.0. The highest BCUT2D eigenvalue weighted by Crippen LogP contribution is 2.41. The van der Waals surface area contributed by atoms with E-state index < -0.39 is 6.10 Å². The van der Waals surface area contributed by atoms with E-state index in [2.05, 4.69) is 34.4 Å². The molecule has 1 aromatic heterocycles. The summed E-state index contributed by atoms with van der Waals surface area (Å²) in [4.78, 5) is 14.9. The molecule has 0 radical (unpaired) electrons. The highest BCUT2D eigenvalue weighted by atomic mass is 16.5. The Balaban J connectivity index is 1.43. The van der Waals surface area contributed by atoms with Gasteiger partial charge in [-0.05, 0) is 46.0 Å². The molecule has 2 atom stereocenters. The third-order valence-corrected chi connectivity index (χ3v) is 7.31. The highest BCUT2D eigenvalue weighted by Gasteiger charge is 2.46. The zero-order valence-corrected chi connectivity index (χ0v) is 21.1. The van der Waals surface area contributed by atoms with E-state index in [1.165, 1.54) is 6.42 Å². The van der Waals surface area contributed by atoms with E-state index in [9.17, 15) is 5.11 Å². The number of anilines is 2. The molecule has 2 aromatic rings. The number of benzene rings is 1. The Labute approximate surface area is 207 Å². The van der Waals surface area contributed by atoms with Gasteiger partial charge in [0.2, 0.25) is 0 Å². The third kappa shape index (κ3) is 5.38. The van der Waals surface area contributed by atoms with Crippen molar-refractivity contribution in [2.75, 3.05) is 76.9 Å². The normalized spacial score (nSPS) is 22.4. The van der Waals surface area contributed by atoms with Crippen LogP contribution in [0.1, 0.15) is 18.4 Å². The zero-order valence-electron chi connectivity index (χ0n) is 21.1. The summed E-state index contributed by atoms with van der Waals surface area (Å²) in [6, 6.07) is 8.08. The predicted octanol–water partition coefficient (Wildman–Crippen LogP) is 1.75. The lowest BCUT2D eigenvalue weighted by atomic mass is 9.79. The number of ether oxygens (including phenoxy) is 2. The van der Waals surface area contributed by atoms with Gasteiger partial charge in [0.1, 0.15) is 30.1 Å². The van der Waals surface area contributed by atoms with Crippen LogP contribution in [0.15, 0.2) is 24.3 Å². The molecule has 35 heavy (non-hydrogen) atoms. The van der Waals surface area contributed by atoms with Crippen LogP contribution in [0.5, 0.6) is 5.75 Å². The van der Waals surface area contributed by atoms with E-state index in [4.69, 9.17) is 19.4 Å². The van der Waals surface area contributed by atoms with Gasteiger partial charge in [-0.2, -0.15) is 0 Å². The van der Waals surface area contributed by atoms with Crippen molar-refractivity contribution >= 4 is 11.6 Å². The molecule has 0 aliphatic carbocycles. The lowest BCUT2D eigenvalue weighted by Gasteiger charge is -2.46. The summed E-state index contributed by atoms with van der Waals surface area (Å²) in [5.74, 6) is 3.26. The molecular weight excluding hydrogens is 444 g/mol. The van der Waals surface area contributed by atoms with Crippen molar-refractivity contribution in [1.29, 1.82) is 0 Å². The van der Waals surface area contributed by atoms with E-state index in [0.717, 1.165) is 62.0 Å². The molecule has 9 heteroatoms. The SMILES string of the molecule is CNCC(O)COc1cccc(-c2nc(N[C@@H]3CCOC3)c(C)c(N3CCC4(CN(C)C4)C3)n2)c1. The Morgan fingerprint density at radius 2 is 2.14 bits per heavy atom. The fraction of sp³-hybridized carbons (Fsp3) is 0.615. The van der Waals surface area contributed by atoms with Gasteiger partial charge in [0.25, 0.3) is 0 Å². The van der Waals surface area contributed by atoms with E-state index >= 15 is 0 Å². The molecule has 0 amide bonds. The van der Waals surface area contributed by atoms with Crippen LogP contribution >= 0.6 is 0 Å². The summed E-state index contributed by atoms with van der Waals surface area (Å²) in [7, 11) is 4.01. The number of nitrogens with one attached hydrogen (secondary N) is 2. The number of hydrogen-bond acceptors (Lipinski definition) is 9. The third-order valence-electron chi connectivity index (χ3n) is 7.31. The fourth-order valence-electron chi connectivity index (χ4n) is 5.61. The standard InChI is InChI=1S/C26H38N6O3/c1-18-23(28-20-7-10-34-13-20)29-24(19-5-4-6-22(11-19)35-14-21(33)12-27-2)30-25(18)32-9-8-26(17-32)15-31(3)16-26/h4-6,11,20-21,27,33H,7-10,12-17H2,1-3H3,(H,28,29,30)/t20-,21?/m1/s1. The van der Waals surface area contributed by atoms with E-state index in [1.807, 2.05) is 31.3 Å². The lowest BCUT2D eigenvalue weighted by molar-refractivity contribution is 0.0424. The van der Waals surface area contributed by atoms with Crippen molar-refractivity contribution < 1.29 is 14.6 Å². The summed E-state index contributed by atoms with van der Waals surface area (Å²) >= 11 is 0. The molecule has 1 unspecified atom stereocenters. The molecule has 3 aliphatic rings. The van der Waals surface area contributed by atoms with Crippen molar-refractivity contribution in [2.45, 2.75) is 31.9 Å². The number of aliphatic hydroxyl groups excluding tert-OH is 1. The Bertz CT molecular complexity index is 1020. The first kappa shape index (κ1) is 24.2. The van der Waals surface area contributed by atoms with Gasteiger partial charge < -0.3 is 35.0 Å². The highest BCUT2D eigenvalue weighted by molar-refractivity contribution is 5.67. The first-order valence-electron chi connectivity index (χ1n) is 12.7. The van der Waals surface area contributed by atoms with Gasteiger partial charge >= 0.3 is 0 Å². The van der Waals surface area contributed by atoms with Crippen LogP contribution in [-0.2, 0) is 4.74 Å². The number of nitrogens with zero attached hydrogens (tertiary/aromatic N) is 4. The summed E-state index contributed by atoms with van der Waals surface area (Å²) in [5, 5.41) is 16.6. The summed E-state index contributed by atoms with van der Waals surface area (Å²) in [5.41, 5.74) is 2.38. The molecule has 3 saturated heterocycles. The van der Waals surface area contributed by atoms with Gasteiger partial charge in [0.05, 0.1) is 12.6 Å². The van der Waals surface area contributed by atoms with Crippen molar-refractivity contribution in [3.8, 4) is 17.1 Å². The Kier molecular flexibility index (Phi) is 7.11. The molecule has 9 nitrogen and oxygen atoms in total. The molecule has 3 fully saturated rings. The van der Waals surface area contributed by atoms with E-state index in [0.29, 0.717) is 30.1 Å². The van der Waals surface area contributed by atoms with Crippen molar-refractivity contribution in [2.24, 2.45) is 5.41 Å². The maximum Gasteiger partial charge on any atom is 0.164 e. The van der Waals surface area contributed by atoms with Gasteiger partial charge in [0.15, 0.2) is 5.82 Å². The molecular formula is C26H38N6O3. The van der Waals surface area contributed by atoms with Crippen LogP contribution in [0.4, 0.5) is 11.6 Å². The number of aliphatic hydroxyl groups is 1. The Morgan fingerprint density at radius 1 is 1.29 bits per heavy atom. The fourth-order valence-corrected chi connectivity index (χ4v) is 5.61. The largest absolute Gasteiger partial charge is 0.491 e. The van der Waals surface area contributed by atoms with Crippen LogP contribution in [-0.4, -0.2) is 98.8 Å². The molecule has 4 heterocycles. The predicted molar refractivity (Wildman–Crippen MR) is 137 cm³/mol. The maximum atomic E-state index is 10.0. The molecule has 3 aliphatic heterocycles. The van der Waals surface area contributed by atoms with E-state index in [-0.39, 0.29) is 12.6 Å². The first-order valence-corrected chi connectivity index (χ1v) is 12.7. The van der Waals surface area contributed by atoms with Gasteiger partial charge in [-0.1, -0.05) is 12.1 Å². The number of likely N-dealkylation sites (N-methyl/N-ethyl adjacent to an activating group) is 1. The molecule has 190 valence electrons. The van der Waals surface area contributed by atoms with Gasteiger partial charge in [-0.3, -0.25) is 0 Å². The molecule has 0 bridgehead atoms. The quantitative estimate of drug-likeness (QED) is 0.494. The number of likely N-dealkylation sites (tertiary alicyclic amines) is 1. The minimum absolute atomic E-state index is 0.225. The first-order chi connectivity index (χ1) is 16.9. The average Bonchev–Trinajstić information content (AvgIpc) is 3.50. The van der Waals surface area contributed by atoms with Gasteiger partial charge in [-0.25, -0.2) is 9.97 Å². The van der Waals surface area contributed by atoms with Crippen molar-refractivity contribution in [1.82, 2.24) is 20.2 Å².